The second-order valence-electron chi connectivity index (χ2n) is 5.02. The van der Waals surface area contributed by atoms with Crippen LogP contribution in [0.3, 0.4) is 0 Å². The predicted molar refractivity (Wildman–Crippen MR) is 88.5 cm³/mol. The summed E-state index contributed by atoms with van der Waals surface area (Å²) in [4.78, 5) is 12.7. The van der Waals surface area contributed by atoms with Crippen LogP contribution >= 0.6 is 56.9 Å². The first-order chi connectivity index (χ1) is 8.65. The standard InChI is InChI=1S/C13H10I2O2S/c14-5-3-6(15)10-7(4-5)17-13-9-2-1-8(18-9)11(13)12(10)16/h3-4,8-9,11,13H,1-2H2. The molecule has 4 rings (SSSR count). The first kappa shape index (κ1) is 12.3. The van der Waals surface area contributed by atoms with Gasteiger partial charge in [-0.25, -0.2) is 0 Å². The minimum atomic E-state index is 0.106. The lowest BCUT2D eigenvalue weighted by molar-refractivity contribution is 0.0620. The fraction of sp³-hybridized carbons (Fsp3) is 0.462. The summed E-state index contributed by atoms with van der Waals surface area (Å²) in [5.74, 6) is 1.24. The summed E-state index contributed by atoms with van der Waals surface area (Å²) in [5.41, 5.74) is 0.824. The highest BCUT2D eigenvalue weighted by molar-refractivity contribution is 14.1. The fourth-order valence-corrected chi connectivity index (χ4v) is 7.18. The van der Waals surface area contributed by atoms with Gasteiger partial charge in [-0.1, -0.05) is 0 Å². The lowest BCUT2D eigenvalue weighted by Crippen LogP contribution is -2.45. The van der Waals surface area contributed by atoms with Gasteiger partial charge in [-0.2, -0.15) is 11.8 Å². The molecule has 1 aromatic carbocycles. The van der Waals surface area contributed by atoms with E-state index in [0.29, 0.717) is 16.3 Å². The number of rotatable bonds is 0. The maximum Gasteiger partial charge on any atom is 0.175 e. The Morgan fingerprint density at radius 1 is 1.22 bits per heavy atom. The number of carbonyl (C=O) groups excluding carboxylic acids is 1. The maximum absolute atomic E-state index is 12.7. The van der Waals surface area contributed by atoms with Crippen molar-refractivity contribution in [2.75, 3.05) is 0 Å². The Bertz CT molecular complexity index is 560. The highest BCUT2D eigenvalue weighted by Gasteiger charge is 2.55. The quantitative estimate of drug-likeness (QED) is 0.526. The number of ketones is 1. The molecular weight excluding hydrogens is 474 g/mol. The highest BCUT2D eigenvalue weighted by atomic mass is 127. The fourth-order valence-electron chi connectivity index (χ4n) is 3.30. The number of thioether (sulfide) groups is 1. The monoisotopic (exact) mass is 484 g/mol. The Morgan fingerprint density at radius 2 is 2.00 bits per heavy atom. The largest absolute Gasteiger partial charge is 0.488 e. The third kappa shape index (κ3) is 1.62. The molecule has 4 atom stereocenters. The number of fused-ring (bicyclic) bond motifs is 6. The molecule has 2 saturated heterocycles. The van der Waals surface area contributed by atoms with Crippen LogP contribution in [0.1, 0.15) is 23.2 Å². The van der Waals surface area contributed by atoms with Gasteiger partial charge in [0, 0.05) is 17.6 Å². The van der Waals surface area contributed by atoms with Crippen molar-refractivity contribution < 1.29 is 9.53 Å². The maximum atomic E-state index is 12.7. The first-order valence-corrected chi connectivity index (χ1v) is 9.10. The molecule has 0 aliphatic carbocycles. The third-order valence-electron chi connectivity index (χ3n) is 4.04. The first-order valence-electron chi connectivity index (χ1n) is 6.00. The molecule has 0 radical (unpaired) electrons. The van der Waals surface area contributed by atoms with Crippen LogP contribution in [0.2, 0.25) is 0 Å². The molecule has 3 heterocycles. The number of Topliss-reactive ketones (excluding diaryl/α,β-unsaturated/α-hetero) is 1. The normalized spacial score (nSPS) is 36.2. The number of carbonyl (C=O) groups is 1. The van der Waals surface area contributed by atoms with E-state index in [1.165, 1.54) is 12.8 Å². The van der Waals surface area contributed by atoms with Gasteiger partial charge in [0.25, 0.3) is 0 Å². The van der Waals surface area contributed by atoms with Crippen LogP contribution in [0.15, 0.2) is 12.1 Å². The Kier molecular flexibility index (Phi) is 2.89. The molecular formula is C13H10I2O2S. The van der Waals surface area contributed by atoms with Crippen LogP contribution in [0.25, 0.3) is 0 Å². The zero-order chi connectivity index (χ0) is 12.4. The van der Waals surface area contributed by atoms with Gasteiger partial charge in [0.2, 0.25) is 0 Å². The minimum Gasteiger partial charge on any atom is -0.488 e. The van der Waals surface area contributed by atoms with Crippen molar-refractivity contribution in [2.45, 2.75) is 29.4 Å². The second kappa shape index (κ2) is 4.25. The number of hydrogen-bond acceptors (Lipinski definition) is 3. The summed E-state index contributed by atoms with van der Waals surface area (Å²) in [6.45, 7) is 0. The SMILES string of the molecule is O=C1c2c(I)cc(I)cc2OC2C3CCC(S3)C12. The summed E-state index contributed by atoms with van der Waals surface area (Å²) in [6.07, 6.45) is 2.52. The molecule has 0 amide bonds. The molecule has 94 valence electrons. The Hall–Kier alpha value is 0.500. The lowest BCUT2D eigenvalue weighted by Gasteiger charge is -2.34. The molecule has 3 aliphatic rings. The van der Waals surface area contributed by atoms with E-state index < -0.39 is 0 Å². The summed E-state index contributed by atoms with van der Waals surface area (Å²) in [7, 11) is 0. The van der Waals surface area contributed by atoms with Crippen molar-refractivity contribution in [2.24, 2.45) is 5.92 Å². The molecule has 5 heteroatoms. The van der Waals surface area contributed by atoms with Gasteiger partial charge in [0.05, 0.1) is 11.5 Å². The number of hydrogen-bond donors (Lipinski definition) is 0. The Morgan fingerprint density at radius 3 is 2.83 bits per heavy atom. The van der Waals surface area contributed by atoms with E-state index in [1.807, 2.05) is 17.8 Å². The van der Waals surface area contributed by atoms with Crippen molar-refractivity contribution >= 4 is 62.7 Å². The zero-order valence-corrected chi connectivity index (χ0v) is 14.5. The molecule has 4 unspecified atom stereocenters. The predicted octanol–water partition coefficient (Wildman–Crippen LogP) is 3.73. The second-order valence-corrected chi connectivity index (χ2v) is 8.91. The van der Waals surface area contributed by atoms with Crippen LogP contribution in [-0.4, -0.2) is 22.4 Å². The minimum absolute atomic E-state index is 0.106. The van der Waals surface area contributed by atoms with Crippen LogP contribution < -0.4 is 4.74 Å². The van der Waals surface area contributed by atoms with Gasteiger partial charge >= 0.3 is 0 Å². The van der Waals surface area contributed by atoms with Crippen molar-refractivity contribution in [1.82, 2.24) is 0 Å². The summed E-state index contributed by atoms with van der Waals surface area (Å²) in [5, 5.41) is 1.03. The third-order valence-corrected chi connectivity index (χ3v) is 7.24. The highest BCUT2D eigenvalue weighted by Crippen LogP contribution is 2.54. The Labute approximate surface area is 137 Å². The van der Waals surface area contributed by atoms with Crippen LogP contribution in [0.4, 0.5) is 0 Å². The van der Waals surface area contributed by atoms with Gasteiger partial charge in [0.15, 0.2) is 5.78 Å². The summed E-state index contributed by atoms with van der Waals surface area (Å²) in [6, 6.07) is 4.06. The van der Waals surface area contributed by atoms with Crippen molar-refractivity contribution in [1.29, 1.82) is 0 Å². The van der Waals surface area contributed by atoms with E-state index in [-0.39, 0.29) is 12.0 Å². The Balaban J connectivity index is 1.86. The van der Waals surface area contributed by atoms with Crippen LogP contribution in [-0.2, 0) is 0 Å². The average Bonchev–Trinajstić information content (AvgIpc) is 2.88. The molecule has 2 fully saturated rings. The molecule has 18 heavy (non-hydrogen) atoms. The number of benzene rings is 1. The molecule has 0 aromatic heterocycles. The van der Waals surface area contributed by atoms with E-state index in [4.69, 9.17) is 4.74 Å². The van der Waals surface area contributed by atoms with Crippen molar-refractivity contribution in [3.8, 4) is 5.75 Å². The zero-order valence-electron chi connectivity index (χ0n) is 9.36. The molecule has 0 N–H and O–H groups in total. The molecule has 2 bridgehead atoms. The molecule has 0 saturated carbocycles. The van der Waals surface area contributed by atoms with E-state index in [0.717, 1.165) is 18.5 Å². The van der Waals surface area contributed by atoms with E-state index in [2.05, 4.69) is 51.2 Å². The average molecular weight is 484 g/mol. The van der Waals surface area contributed by atoms with Gasteiger partial charge in [-0.15, -0.1) is 0 Å². The van der Waals surface area contributed by atoms with Gasteiger partial charge < -0.3 is 4.74 Å². The lowest BCUT2D eigenvalue weighted by atomic mass is 9.79. The molecule has 3 aliphatic heterocycles. The molecule has 1 aromatic rings. The summed E-state index contributed by atoms with van der Waals surface area (Å²) < 4.78 is 8.34. The van der Waals surface area contributed by atoms with Crippen LogP contribution in [0.5, 0.6) is 5.75 Å². The summed E-state index contributed by atoms with van der Waals surface area (Å²) >= 11 is 6.51. The van der Waals surface area contributed by atoms with E-state index in [1.54, 1.807) is 0 Å². The molecule has 2 nitrogen and oxygen atoms in total. The van der Waals surface area contributed by atoms with Crippen LogP contribution in [0, 0.1) is 13.1 Å². The van der Waals surface area contributed by atoms with Gasteiger partial charge in [-0.05, 0) is 70.2 Å². The number of ether oxygens (including phenoxy) is 1. The smallest absolute Gasteiger partial charge is 0.175 e. The van der Waals surface area contributed by atoms with Crippen molar-refractivity contribution in [3.63, 3.8) is 0 Å². The van der Waals surface area contributed by atoms with Gasteiger partial charge in [0.1, 0.15) is 11.9 Å². The molecule has 0 spiro atoms. The van der Waals surface area contributed by atoms with E-state index in [9.17, 15) is 4.79 Å². The topological polar surface area (TPSA) is 26.3 Å². The van der Waals surface area contributed by atoms with Gasteiger partial charge in [-0.3, -0.25) is 4.79 Å². The van der Waals surface area contributed by atoms with E-state index >= 15 is 0 Å². The number of halogens is 2. The van der Waals surface area contributed by atoms with Crippen molar-refractivity contribution in [3.05, 3.63) is 24.8 Å².